The third kappa shape index (κ3) is 10.5. The summed E-state index contributed by atoms with van der Waals surface area (Å²) in [4.78, 5) is 46.5. The fourth-order valence-corrected chi connectivity index (χ4v) is 20.5. The van der Waals surface area contributed by atoms with Crippen LogP contribution in [-0.4, -0.2) is 113 Å². The molecule has 6 saturated carbocycles. The Hall–Kier alpha value is -4.25. The van der Waals surface area contributed by atoms with Crippen molar-refractivity contribution in [3.8, 4) is 0 Å². The van der Waals surface area contributed by atoms with E-state index in [4.69, 9.17) is 4.74 Å². The van der Waals surface area contributed by atoms with E-state index >= 15 is 0 Å². The van der Waals surface area contributed by atoms with Crippen LogP contribution in [0.3, 0.4) is 0 Å². The van der Waals surface area contributed by atoms with Crippen molar-refractivity contribution in [1.29, 1.82) is 0 Å². The van der Waals surface area contributed by atoms with Gasteiger partial charge in [0, 0.05) is 45.7 Å². The molecule has 10 nitrogen and oxygen atoms in total. The van der Waals surface area contributed by atoms with E-state index in [1.54, 1.807) is 25.0 Å². The number of carbonyl (C=O) groups excluding carboxylic acids is 3. The molecule has 4 aliphatic heterocycles. The second-order valence-corrected chi connectivity index (χ2v) is 29.2. The first-order valence-corrected chi connectivity index (χ1v) is 33.3. The second kappa shape index (κ2) is 22.6. The van der Waals surface area contributed by atoms with Crippen LogP contribution in [-0.2, 0) is 37.0 Å². The molecule has 6 unspecified atom stereocenters. The average Bonchev–Trinajstić information content (AvgIpc) is 2.75. The SMILES string of the molecule is CC(=O)NC1CC2(CCN(C3CC4CCC3CC4)CC2)c2ccccc21.CC(=O)N[C@H]1CC2(CCN(C3CCC(C)CC3)CC2)c2ccccc21.CC(C)OC(=O)N1C2CCC3CC(N4CCC5(CCc6ccccc65)CC4)CCC321.[HH].[HH]. The highest BCUT2D eigenvalue weighted by Crippen LogP contribution is 2.64. The first kappa shape index (κ1) is 55.9. The topological polar surface area (TPSA) is 97.2 Å². The summed E-state index contributed by atoms with van der Waals surface area (Å²) in [7, 11) is 0. The second-order valence-electron chi connectivity index (χ2n) is 29.2. The number of hydrogen-bond donors (Lipinski definition) is 2. The van der Waals surface area contributed by atoms with Crippen LogP contribution >= 0.6 is 0 Å². The highest BCUT2D eigenvalue weighted by Gasteiger charge is 2.73. The predicted octanol–water partition coefficient (Wildman–Crippen LogP) is 13.7. The number of likely N-dealkylation sites (tertiary alicyclic amines) is 4. The summed E-state index contributed by atoms with van der Waals surface area (Å²) >= 11 is 0. The molecule has 3 amide bonds. The molecule has 9 aliphatic carbocycles. The maximum atomic E-state index is 12.6. The zero-order chi connectivity index (χ0) is 55.7. The standard InChI is InChI=1S/C26H36N2O2.C23H32N2O.C22H32N2O.2H2/c1-18(2)30-24(29)28-23-8-7-20-17-21(10-12-26(20,23)28)27-15-13-25(14-16-27)11-9-19-5-3-4-6-22(19)25;1-16(26)24-21-15-23(20-5-3-2-4-19(20)21)10-12-25(13-11-23)22-14-17-6-8-18(22)9-7-17;1-16-7-9-18(10-8-16)24-13-11-22(12-14-24)15-21(23-17(2)25)19-5-3-4-6-20(19)22;;/h3-6,18,20-21,23H,7-17H2,1-2H3;2-5,17-18,21-22H,6-15H2,1H3,(H,24,26);3-6,16,18,21H,7-15H2,1-2H3,(H,23,25);2*1H/t;;16?,18?,21-;;/m..0../s1. The number of nitrogens with zero attached hydrogens (tertiary/aromatic N) is 4. The van der Waals surface area contributed by atoms with Crippen molar-refractivity contribution in [3.05, 3.63) is 106 Å². The summed E-state index contributed by atoms with van der Waals surface area (Å²) in [5.41, 5.74) is 10.2. The van der Waals surface area contributed by atoms with Gasteiger partial charge in [-0.05, 0) is 257 Å². The van der Waals surface area contributed by atoms with Crippen LogP contribution in [0.15, 0.2) is 72.8 Å². The molecule has 4 saturated heterocycles. The lowest BCUT2D eigenvalue weighted by Crippen LogP contribution is -2.52. The van der Waals surface area contributed by atoms with Gasteiger partial charge in [-0.15, -0.1) is 0 Å². The molecule has 442 valence electrons. The molecule has 3 aromatic carbocycles. The van der Waals surface area contributed by atoms with Crippen molar-refractivity contribution < 1.29 is 22.0 Å². The van der Waals surface area contributed by atoms with Gasteiger partial charge in [0.15, 0.2) is 0 Å². The van der Waals surface area contributed by atoms with Crippen LogP contribution in [0.2, 0.25) is 0 Å². The predicted molar refractivity (Wildman–Crippen MR) is 327 cm³/mol. The van der Waals surface area contributed by atoms with Gasteiger partial charge in [0.05, 0.1) is 29.8 Å². The smallest absolute Gasteiger partial charge is 0.410 e. The minimum Gasteiger partial charge on any atom is -0.447 e. The van der Waals surface area contributed by atoms with E-state index in [1.807, 2.05) is 13.8 Å². The van der Waals surface area contributed by atoms with Crippen LogP contribution in [0.1, 0.15) is 231 Å². The average molecular weight is 1110 g/mol. The Morgan fingerprint density at radius 3 is 1.64 bits per heavy atom. The van der Waals surface area contributed by atoms with Gasteiger partial charge in [-0.1, -0.05) is 92.6 Å². The van der Waals surface area contributed by atoms with Crippen molar-refractivity contribution in [2.75, 3.05) is 39.3 Å². The molecular formula is C71H104N6O4. The lowest BCUT2D eigenvalue weighted by atomic mass is 9.66. The van der Waals surface area contributed by atoms with E-state index in [0.29, 0.717) is 17.4 Å². The number of amides is 3. The van der Waals surface area contributed by atoms with Crippen molar-refractivity contribution in [1.82, 2.24) is 30.2 Å². The van der Waals surface area contributed by atoms with E-state index in [-0.39, 0.29) is 55.3 Å². The summed E-state index contributed by atoms with van der Waals surface area (Å²) < 4.78 is 5.56. The molecule has 10 fully saturated rings. The quantitative estimate of drug-likeness (QED) is 0.237. The fraction of sp³-hybridized carbons (Fsp3) is 0.704. The van der Waals surface area contributed by atoms with Gasteiger partial charge in [0.1, 0.15) is 0 Å². The summed E-state index contributed by atoms with van der Waals surface area (Å²) in [5, 5.41) is 6.41. The number of hydrogen-bond acceptors (Lipinski definition) is 7. The first-order valence-electron chi connectivity index (χ1n) is 33.3. The van der Waals surface area contributed by atoms with Crippen molar-refractivity contribution in [2.45, 2.75) is 253 Å². The van der Waals surface area contributed by atoms with Gasteiger partial charge >= 0.3 is 6.09 Å². The third-order valence-corrected chi connectivity index (χ3v) is 24.7. The van der Waals surface area contributed by atoms with Crippen LogP contribution in [0, 0.1) is 23.7 Å². The monoisotopic (exact) mass is 1100 g/mol. The van der Waals surface area contributed by atoms with Crippen LogP contribution in [0.4, 0.5) is 4.79 Å². The van der Waals surface area contributed by atoms with Gasteiger partial charge in [0.2, 0.25) is 11.8 Å². The summed E-state index contributed by atoms with van der Waals surface area (Å²) in [6.45, 7) is 17.0. The van der Waals surface area contributed by atoms with Crippen LogP contribution in [0.25, 0.3) is 0 Å². The largest absolute Gasteiger partial charge is 0.447 e. The number of piperidine rings is 4. The van der Waals surface area contributed by atoms with Gasteiger partial charge in [0.25, 0.3) is 0 Å². The molecule has 4 heterocycles. The molecule has 16 rings (SSSR count). The van der Waals surface area contributed by atoms with Crippen LogP contribution < -0.4 is 10.6 Å². The van der Waals surface area contributed by atoms with Gasteiger partial charge in [-0.25, -0.2) is 4.79 Å². The van der Waals surface area contributed by atoms with Gasteiger partial charge in [-0.3, -0.25) is 14.5 Å². The lowest BCUT2D eigenvalue weighted by Gasteiger charge is -2.51. The lowest BCUT2D eigenvalue weighted by molar-refractivity contribution is -0.120. The number of ether oxygens (including phenoxy) is 1. The minimum atomic E-state index is -0.0574. The maximum absolute atomic E-state index is 12.6. The number of rotatable bonds is 6. The van der Waals surface area contributed by atoms with E-state index in [9.17, 15) is 14.4 Å². The number of carbonyl (C=O) groups is 3. The zero-order valence-electron chi connectivity index (χ0n) is 50.4. The van der Waals surface area contributed by atoms with Crippen molar-refractivity contribution in [3.63, 3.8) is 0 Å². The molecule has 3 aromatic rings. The molecule has 2 N–H and O–H groups in total. The maximum Gasteiger partial charge on any atom is 0.410 e. The molecule has 0 aromatic heterocycles. The van der Waals surface area contributed by atoms with Crippen LogP contribution in [0.5, 0.6) is 0 Å². The normalized spacial score (nSPS) is 34.7. The Balaban J connectivity index is 0.000000129. The van der Waals surface area contributed by atoms with E-state index in [2.05, 4.69) is 110 Å². The Morgan fingerprint density at radius 2 is 1.09 bits per heavy atom. The molecule has 4 spiro atoms. The summed E-state index contributed by atoms with van der Waals surface area (Å²) in [6.07, 6.45) is 31.6. The molecular weight excluding hydrogens is 1000 g/mol. The zero-order valence-corrected chi connectivity index (χ0v) is 50.4. The van der Waals surface area contributed by atoms with E-state index < -0.39 is 0 Å². The van der Waals surface area contributed by atoms with Gasteiger partial charge < -0.3 is 30.1 Å². The Kier molecular flexibility index (Phi) is 15.6. The first-order chi connectivity index (χ1) is 39.2. The van der Waals surface area contributed by atoms with Crippen molar-refractivity contribution in [2.24, 2.45) is 23.7 Å². The Labute approximate surface area is 490 Å². The number of benzene rings is 3. The molecule has 81 heavy (non-hydrogen) atoms. The highest BCUT2D eigenvalue weighted by atomic mass is 16.6. The summed E-state index contributed by atoms with van der Waals surface area (Å²) in [5.74, 6) is 3.77. The van der Waals surface area contributed by atoms with Gasteiger partial charge in [-0.2, -0.15) is 0 Å². The molecule has 7 atom stereocenters. The number of aryl methyl sites for hydroxylation is 1. The minimum absolute atomic E-state index is 0. The Morgan fingerprint density at radius 1 is 0.556 bits per heavy atom. The van der Waals surface area contributed by atoms with Crippen molar-refractivity contribution >= 4 is 17.9 Å². The fourth-order valence-electron chi connectivity index (χ4n) is 20.5. The molecule has 13 aliphatic rings. The van der Waals surface area contributed by atoms with E-state index in [0.717, 1.165) is 48.7 Å². The summed E-state index contributed by atoms with van der Waals surface area (Å²) in [6, 6.07) is 30.2. The third-order valence-electron chi connectivity index (χ3n) is 24.7. The number of nitrogens with one attached hydrogen (secondary N) is 2. The number of fused-ring (bicyclic) bond motifs is 9. The van der Waals surface area contributed by atoms with E-state index in [1.165, 1.54) is 203 Å². The molecule has 10 heteroatoms. The highest BCUT2D eigenvalue weighted by molar-refractivity contribution is 5.75. The molecule has 0 radical (unpaired) electrons. The Bertz CT molecular complexity index is 2750. The molecule has 2 bridgehead atoms.